The average Bonchev–Trinajstić information content (AvgIpc) is 3.26. The van der Waals surface area contributed by atoms with Crippen LogP contribution in [0.5, 0.6) is 0 Å². The van der Waals surface area contributed by atoms with Gasteiger partial charge in [0.1, 0.15) is 5.56 Å². The average molecular weight is 793 g/mol. The lowest BCUT2D eigenvalue weighted by Gasteiger charge is -2.43. The highest BCUT2D eigenvalue weighted by Crippen LogP contribution is 2.42. The molecule has 58 heavy (non-hydrogen) atoms. The Kier molecular flexibility index (Phi) is 12.7. The second-order valence-electron chi connectivity index (χ2n) is 14.4. The van der Waals surface area contributed by atoms with E-state index in [9.17, 15) is 31.9 Å². The van der Waals surface area contributed by atoms with E-state index in [1.807, 2.05) is 91.0 Å². The molecule has 0 aromatic heterocycles. The van der Waals surface area contributed by atoms with Gasteiger partial charge >= 0.3 is 0 Å². The van der Waals surface area contributed by atoms with Gasteiger partial charge in [0.15, 0.2) is 29.6 Å². The summed E-state index contributed by atoms with van der Waals surface area (Å²) in [6, 6.07) is 43.0. The third kappa shape index (κ3) is 9.19. The Morgan fingerprint density at radius 2 is 1.17 bits per heavy atom. The molecular weight excluding hydrogens is 752 g/mol. The quantitative estimate of drug-likeness (QED) is 0.0693. The van der Waals surface area contributed by atoms with Gasteiger partial charge in [-0.15, -0.1) is 0 Å². The number of amides is 1. The SMILES string of the molecule is C[C@@H]1[C@H](CN(Cc2ccccc2)Cc2ccccc2)O[C@H](c2ccc(-c3cccc(CNC(=O)c4c(F)c(F)c(F)c(F)c4F)c3)cc2)O[C@@H]1c1ccc(CO)cc1. The maximum Gasteiger partial charge on any atom is 0.257 e. The van der Waals surface area contributed by atoms with E-state index >= 15 is 0 Å². The molecule has 0 unspecified atom stereocenters. The van der Waals surface area contributed by atoms with Crippen molar-refractivity contribution in [2.24, 2.45) is 5.92 Å². The first kappa shape index (κ1) is 40.5. The predicted octanol–water partition coefficient (Wildman–Crippen LogP) is 9.97. The van der Waals surface area contributed by atoms with E-state index < -0.39 is 46.8 Å². The minimum Gasteiger partial charge on any atom is -0.392 e. The summed E-state index contributed by atoms with van der Waals surface area (Å²) in [5, 5.41) is 11.9. The Morgan fingerprint density at radius 3 is 1.76 bits per heavy atom. The Balaban J connectivity index is 1.11. The lowest BCUT2D eigenvalue weighted by Crippen LogP contribution is -2.44. The third-order valence-corrected chi connectivity index (χ3v) is 10.4. The summed E-state index contributed by atoms with van der Waals surface area (Å²) in [5.74, 6) is -12.6. The fraction of sp³-hybridized carbons (Fsp3) is 0.213. The minimum atomic E-state index is -2.33. The van der Waals surface area contributed by atoms with Crippen LogP contribution in [0.15, 0.2) is 133 Å². The molecule has 7 rings (SSSR count). The number of nitrogens with one attached hydrogen (secondary N) is 1. The van der Waals surface area contributed by atoms with Gasteiger partial charge in [-0.2, -0.15) is 0 Å². The van der Waals surface area contributed by atoms with Crippen LogP contribution in [0.1, 0.15) is 63.1 Å². The molecule has 4 atom stereocenters. The first-order valence-corrected chi connectivity index (χ1v) is 18.9. The van der Waals surface area contributed by atoms with Crippen molar-refractivity contribution >= 4 is 5.91 Å². The van der Waals surface area contributed by atoms with Crippen LogP contribution in [-0.2, 0) is 35.7 Å². The molecule has 1 saturated heterocycles. The van der Waals surface area contributed by atoms with E-state index in [1.165, 1.54) is 11.1 Å². The highest BCUT2D eigenvalue weighted by atomic mass is 19.2. The largest absolute Gasteiger partial charge is 0.392 e. The maximum absolute atomic E-state index is 14.2. The zero-order valence-corrected chi connectivity index (χ0v) is 31.6. The Morgan fingerprint density at radius 1 is 0.621 bits per heavy atom. The van der Waals surface area contributed by atoms with Gasteiger partial charge in [-0.25, -0.2) is 22.0 Å². The van der Waals surface area contributed by atoms with Crippen molar-refractivity contribution < 1.29 is 41.3 Å². The van der Waals surface area contributed by atoms with Crippen LogP contribution in [-0.4, -0.2) is 28.6 Å². The summed E-state index contributed by atoms with van der Waals surface area (Å²) in [4.78, 5) is 14.9. The molecule has 1 fully saturated rings. The normalized spacial score (nSPS) is 18.0. The highest BCUT2D eigenvalue weighted by molar-refractivity contribution is 5.94. The summed E-state index contributed by atoms with van der Waals surface area (Å²) in [7, 11) is 0. The van der Waals surface area contributed by atoms with Gasteiger partial charge in [0.2, 0.25) is 5.82 Å². The number of carbonyl (C=O) groups excluding carboxylic acids is 1. The molecule has 6 aromatic rings. The van der Waals surface area contributed by atoms with Gasteiger partial charge in [-0.05, 0) is 45.0 Å². The Labute approximate surface area is 333 Å². The molecule has 0 radical (unpaired) electrons. The van der Waals surface area contributed by atoms with Crippen LogP contribution in [0.2, 0.25) is 0 Å². The number of hydrogen-bond donors (Lipinski definition) is 2. The van der Waals surface area contributed by atoms with E-state index in [1.54, 1.807) is 18.2 Å². The predicted molar refractivity (Wildman–Crippen MR) is 209 cm³/mol. The van der Waals surface area contributed by atoms with Crippen LogP contribution >= 0.6 is 0 Å². The van der Waals surface area contributed by atoms with Crippen LogP contribution in [0.4, 0.5) is 22.0 Å². The minimum absolute atomic E-state index is 0.0399. The molecule has 0 bridgehead atoms. The number of ether oxygens (including phenoxy) is 2. The number of halogens is 5. The van der Waals surface area contributed by atoms with E-state index in [4.69, 9.17) is 9.47 Å². The number of aliphatic hydroxyl groups excluding tert-OH is 1. The first-order chi connectivity index (χ1) is 28.1. The molecule has 11 heteroatoms. The van der Waals surface area contributed by atoms with Gasteiger partial charge in [0, 0.05) is 37.7 Å². The van der Waals surface area contributed by atoms with Gasteiger partial charge in [-0.3, -0.25) is 9.69 Å². The molecular formula is C47H41F5N2O4. The summed E-state index contributed by atoms with van der Waals surface area (Å²) in [6.07, 6.45) is -1.26. The monoisotopic (exact) mass is 792 g/mol. The number of carbonyl (C=O) groups is 1. The fourth-order valence-corrected chi connectivity index (χ4v) is 7.22. The van der Waals surface area contributed by atoms with Gasteiger partial charge in [-0.1, -0.05) is 134 Å². The molecule has 6 aromatic carbocycles. The second-order valence-corrected chi connectivity index (χ2v) is 14.4. The van der Waals surface area contributed by atoms with Gasteiger partial charge in [0.25, 0.3) is 5.91 Å². The van der Waals surface area contributed by atoms with Crippen LogP contribution in [0, 0.1) is 35.0 Å². The van der Waals surface area contributed by atoms with Crippen molar-refractivity contribution in [2.45, 2.75) is 51.7 Å². The number of hydrogen-bond acceptors (Lipinski definition) is 5. The highest BCUT2D eigenvalue weighted by Gasteiger charge is 2.39. The summed E-state index contributed by atoms with van der Waals surface area (Å²) < 4.78 is 82.9. The molecule has 6 nitrogen and oxygen atoms in total. The summed E-state index contributed by atoms with van der Waals surface area (Å²) in [5.41, 5.74) is 5.50. The Hall–Kier alpha value is -5.72. The van der Waals surface area contributed by atoms with Crippen molar-refractivity contribution in [3.8, 4) is 11.1 Å². The van der Waals surface area contributed by atoms with Crippen molar-refractivity contribution in [2.75, 3.05) is 6.54 Å². The van der Waals surface area contributed by atoms with Crippen molar-refractivity contribution in [3.05, 3.63) is 201 Å². The van der Waals surface area contributed by atoms with E-state index in [-0.39, 0.29) is 31.3 Å². The van der Waals surface area contributed by atoms with Crippen LogP contribution in [0.25, 0.3) is 11.1 Å². The Bertz CT molecular complexity index is 2260. The second kappa shape index (κ2) is 18.3. The molecule has 298 valence electrons. The van der Waals surface area contributed by atoms with Gasteiger partial charge in [0.05, 0.1) is 18.8 Å². The van der Waals surface area contributed by atoms with Gasteiger partial charge < -0.3 is 19.9 Å². The van der Waals surface area contributed by atoms with Crippen LogP contribution < -0.4 is 5.32 Å². The third-order valence-electron chi connectivity index (χ3n) is 10.4. The molecule has 0 saturated carbocycles. The lowest BCUT2D eigenvalue weighted by molar-refractivity contribution is -0.276. The smallest absolute Gasteiger partial charge is 0.257 e. The van der Waals surface area contributed by atoms with E-state index in [0.29, 0.717) is 12.1 Å². The summed E-state index contributed by atoms with van der Waals surface area (Å²) in [6.45, 7) is 3.90. The zero-order valence-electron chi connectivity index (χ0n) is 31.6. The maximum atomic E-state index is 14.2. The molecule has 2 N–H and O–H groups in total. The van der Waals surface area contributed by atoms with Crippen LogP contribution in [0.3, 0.4) is 0 Å². The van der Waals surface area contributed by atoms with Crippen molar-refractivity contribution in [1.82, 2.24) is 10.2 Å². The topological polar surface area (TPSA) is 71.0 Å². The number of rotatable bonds is 13. The zero-order chi connectivity index (χ0) is 40.8. The number of aliphatic hydroxyl groups is 1. The molecule has 1 heterocycles. The molecule has 1 aliphatic heterocycles. The molecule has 1 aliphatic rings. The molecule has 0 aliphatic carbocycles. The number of benzene rings is 6. The lowest BCUT2D eigenvalue weighted by atomic mass is 9.89. The first-order valence-electron chi connectivity index (χ1n) is 18.9. The molecule has 0 spiro atoms. The fourth-order valence-electron chi connectivity index (χ4n) is 7.22. The van der Waals surface area contributed by atoms with Crippen molar-refractivity contribution in [1.29, 1.82) is 0 Å². The summed E-state index contributed by atoms with van der Waals surface area (Å²) >= 11 is 0. The van der Waals surface area contributed by atoms with Crippen molar-refractivity contribution in [3.63, 3.8) is 0 Å². The molecule has 1 amide bonds. The van der Waals surface area contributed by atoms with E-state index in [2.05, 4.69) is 41.4 Å². The standard InChI is InChI=1S/C47H41F5N2O4/c1-29-38(27-54(25-30-9-4-2-5-10-30)26-31-11-6-3-7-12-31)57-47(58-45(29)35-17-15-32(28-55)16-18-35)36-21-19-34(20-22-36)37-14-8-13-33(23-37)24-53-46(56)39-40(48)42(50)44(52)43(51)41(39)49/h2-23,29,38,45,47,55H,24-28H2,1H3,(H,53,56)/t29-,38+,45+,47+/m1/s1. The number of nitrogens with zero attached hydrogens (tertiary/aromatic N) is 1. The van der Waals surface area contributed by atoms with E-state index in [0.717, 1.165) is 40.9 Å².